The summed E-state index contributed by atoms with van der Waals surface area (Å²) in [5.74, 6) is 0.390. The molecule has 1 aliphatic carbocycles. The Balaban J connectivity index is 2.07. The van der Waals surface area contributed by atoms with Gasteiger partial charge in [0.1, 0.15) is 0 Å². The van der Waals surface area contributed by atoms with E-state index in [0.717, 1.165) is 18.4 Å². The van der Waals surface area contributed by atoms with Crippen molar-refractivity contribution in [2.75, 3.05) is 0 Å². The van der Waals surface area contributed by atoms with Crippen LogP contribution in [0.25, 0.3) is 0 Å². The Morgan fingerprint density at radius 2 is 2.14 bits per heavy atom. The molecule has 1 aromatic rings. The van der Waals surface area contributed by atoms with Gasteiger partial charge >= 0.3 is 0 Å². The molecule has 0 bridgehead atoms. The minimum atomic E-state index is 0.179. The molecule has 14 heavy (non-hydrogen) atoms. The van der Waals surface area contributed by atoms with Gasteiger partial charge in [-0.05, 0) is 25.3 Å². The average molecular weight is 192 g/mol. The zero-order chi connectivity index (χ0) is 9.97. The Morgan fingerprint density at radius 1 is 1.43 bits per heavy atom. The number of aryl methyl sites for hydroxylation is 1. The molecule has 2 rings (SSSR count). The number of rotatable bonds is 1. The average Bonchev–Trinajstić information content (AvgIpc) is 2.65. The third kappa shape index (κ3) is 1.86. The maximum Gasteiger partial charge on any atom is 0.249 e. The van der Waals surface area contributed by atoms with Gasteiger partial charge in [-0.1, -0.05) is 19.3 Å². The highest BCUT2D eigenvalue weighted by Gasteiger charge is 2.22. The van der Waals surface area contributed by atoms with E-state index in [1.807, 2.05) is 13.1 Å². The SMILES string of the molecule is Cc1cnn(C(=O)C2CCCCC2)c1. The second kappa shape index (κ2) is 3.95. The summed E-state index contributed by atoms with van der Waals surface area (Å²) < 4.78 is 1.51. The fourth-order valence-electron chi connectivity index (χ4n) is 2.07. The maximum atomic E-state index is 11.9. The molecule has 3 heteroatoms. The predicted octanol–water partition coefficient (Wildman–Crippen LogP) is 2.41. The third-order valence-corrected chi connectivity index (χ3v) is 2.89. The topological polar surface area (TPSA) is 34.9 Å². The lowest BCUT2D eigenvalue weighted by Crippen LogP contribution is -2.24. The van der Waals surface area contributed by atoms with Crippen molar-refractivity contribution in [1.29, 1.82) is 0 Å². The standard InChI is InChI=1S/C11H16N2O/c1-9-7-12-13(8-9)11(14)10-5-3-2-4-6-10/h7-8,10H,2-6H2,1H3. The summed E-state index contributed by atoms with van der Waals surface area (Å²) in [6.45, 7) is 1.96. The van der Waals surface area contributed by atoms with Crippen LogP contribution in [0.15, 0.2) is 12.4 Å². The van der Waals surface area contributed by atoms with Gasteiger partial charge < -0.3 is 0 Å². The smallest absolute Gasteiger partial charge is 0.249 e. The summed E-state index contributed by atoms with van der Waals surface area (Å²) in [7, 11) is 0. The molecule has 76 valence electrons. The Labute approximate surface area is 84.1 Å². The molecular weight excluding hydrogens is 176 g/mol. The van der Waals surface area contributed by atoms with Crippen molar-refractivity contribution in [2.45, 2.75) is 39.0 Å². The first-order valence-electron chi connectivity index (χ1n) is 5.33. The van der Waals surface area contributed by atoms with Crippen LogP contribution in [0.4, 0.5) is 0 Å². The van der Waals surface area contributed by atoms with E-state index in [9.17, 15) is 4.79 Å². The number of hydrogen-bond acceptors (Lipinski definition) is 2. The lowest BCUT2D eigenvalue weighted by molar-refractivity contribution is 0.0784. The first kappa shape index (κ1) is 9.44. The van der Waals surface area contributed by atoms with Gasteiger partial charge in [0.2, 0.25) is 5.91 Å². The molecular formula is C11H16N2O. The number of aromatic nitrogens is 2. The molecule has 0 atom stereocenters. The van der Waals surface area contributed by atoms with Gasteiger partial charge in [-0.2, -0.15) is 5.10 Å². The molecule has 1 saturated carbocycles. The van der Waals surface area contributed by atoms with E-state index < -0.39 is 0 Å². The minimum Gasteiger partial charge on any atom is -0.272 e. The molecule has 0 radical (unpaired) electrons. The van der Waals surface area contributed by atoms with Crippen LogP contribution in [0.3, 0.4) is 0 Å². The van der Waals surface area contributed by atoms with Crippen molar-refractivity contribution < 1.29 is 4.79 Å². The molecule has 0 spiro atoms. The Kier molecular flexibility index (Phi) is 2.66. The highest BCUT2D eigenvalue weighted by Crippen LogP contribution is 2.24. The molecule has 0 N–H and O–H groups in total. The van der Waals surface area contributed by atoms with E-state index in [0.29, 0.717) is 0 Å². The zero-order valence-corrected chi connectivity index (χ0v) is 8.57. The van der Waals surface area contributed by atoms with E-state index in [-0.39, 0.29) is 11.8 Å². The molecule has 0 aliphatic heterocycles. The quantitative estimate of drug-likeness (QED) is 0.684. The molecule has 0 saturated heterocycles. The van der Waals surface area contributed by atoms with Gasteiger partial charge in [0.25, 0.3) is 0 Å². The van der Waals surface area contributed by atoms with Gasteiger partial charge in [0.05, 0.1) is 6.20 Å². The number of hydrogen-bond donors (Lipinski definition) is 0. The van der Waals surface area contributed by atoms with Gasteiger partial charge in [0, 0.05) is 12.1 Å². The normalized spacial score (nSPS) is 18.4. The summed E-state index contributed by atoms with van der Waals surface area (Å²) >= 11 is 0. The molecule has 1 heterocycles. The monoisotopic (exact) mass is 192 g/mol. The summed E-state index contributed by atoms with van der Waals surface area (Å²) in [6.07, 6.45) is 9.29. The molecule has 1 fully saturated rings. The van der Waals surface area contributed by atoms with Gasteiger partial charge in [-0.15, -0.1) is 0 Å². The molecule has 0 amide bonds. The summed E-state index contributed by atoms with van der Waals surface area (Å²) in [5.41, 5.74) is 1.05. The lowest BCUT2D eigenvalue weighted by Gasteiger charge is -2.19. The fraction of sp³-hybridized carbons (Fsp3) is 0.636. The minimum absolute atomic E-state index is 0.179. The van der Waals surface area contributed by atoms with Gasteiger partial charge in [-0.25, -0.2) is 4.68 Å². The Bertz CT molecular complexity index is 324. The Morgan fingerprint density at radius 3 is 2.71 bits per heavy atom. The van der Waals surface area contributed by atoms with Crippen LogP contribution in [-0.2, 0) is 0 Å². The van der Waals surface area contributed by atoms with E-state index in [4.69, 9.17) is 0 Å². The third-order valence-electron chi connectivity index (χ3n) is 2.89. The van der Waals surface area contributed by atoms with E-state index in [1.54, 1.807) is 6.20 Å². The van der Waals surface area contributed by atoms with Gasteiger partial charge in [-0.3, -0.25) is 4.79 Å². The summed E-state index contributed by atoms with van der Waals surface area (Å²) in [6, 6.07) is 0. The van der Waals surface area contributed by atoms with Crippen LogP contribution < -0.4 is 0 Å². The van der Waals surface area contributed by atoms with Crippen LogP contribution in [-0.4, -0.2) is 15.7 Å². The van der Waals surface area contributed by atoms with E-state index in [2.05, 4.69) is 5.10 Å². The first-order valence-corrected chi connectivity index (χ1v) is 5.33. The molecule has 3 nitrogen and oxygen atoms in total. The number of carbonyl (C=O) groups excluding carboxylic acids is 1. The summed E-state index contributed by atoms with van der Waals surface area (Å²) in [5, 5.41) is 4.06. The van der Waals surface area contributed by atoms with Crippen LogP contribution in [0, 0.1) is 12.8 Å². The molecule has 0 unspecified atom stereocenters. The van der Waals surface area contributed by atoms with Crippen LogP contribution in [0.5, 0.6) is 0 Å². The molecule has 1 aliphatic rings. The van der Waals surface area contributed by atoms with Crippen LogP contribution in [0.2, 0.25) is 0 Å². The van der Waals surface area contributed by atoms with Crippen molar-refractivity contribution in [2.24, 2.45) is 5.92 Å². The fourth-order valence-corrected chi connectivity index (χ4v) is 2.07. The van der Waals surface area contributed by atoms with Crippen molar-refractivity contribution >= 4 is 5.91 Å². The first-order chi connectivity index (χ1) is 6.77. The number of nitrogens with zero attached hydrogens (tertiary/aromatic N) is 2. The predicted molar refractivity (Wildman–Crippen MR) is 54.2 cm³/mol. The van der Waals surface area contributed by atoms with Crippen molar-refractivity contribution in [1.82, 2.24) is 9.78 Å². The van der Waals surface area contributed by atoms with Crippen molar-refractivity contribution in [3.05, 3.63) is 18.0 Å². The second-order valence-corrected chi connectivity index (χ2v) is 4.14. The highest BCUT2D eigenvalue weighted by atomic mass is 16.2. The summed E-state index contributed by atoms with van der Waals surface area (Å²) in [4.78, 5) is 11.9. The van der Waals surface area contributed by atoms with Gasteiger partial charge in [0.15, 0.2) is 0 Å². The van der Waals surface area contributed by atoms with E-state index >= 15 is 0 Å². The highest BCUT2D eigenvalue weighted by molar-refractivity contribution is 5.80. The lowest BCUT2D eigenvalue weighted by atomic mass is 9.89. The van der Waals surface area contributed by atoms with Crippen molar-refractivity contribution in [3.63, 3.8) is 0 Å². The largest absolute Gasteiger partial charge is 0.272 e. The molecule has 0 aromatic carbocycles. The van der Waals surface area contributed by atoms with Crippen LogP contribution in [0.1, 0.15) is 42.5 Å². The second-order valence-electron chi connectivity index (χ2n) is 4.14. The zero-order valence-electron chi connectivity index (χ0n) is 8.57. The number of carbonyl (C=O) groups is 1. The Hall–Kier alpha value is -1.12. The van der Waals surface area contributed by atoms with Crippen LogP contribution >= 0.6 is 0 Å². The maximum absolute atomic E-state index is 11.9. The van der Waals surface area contributed by atoms with Crippen molar-refractivity contribution in [3.8, 4) is 0 Å². The van der Waals surface area contributed by atoms with E-state index in [1.165, 1.54) is 23.9 Å². The molecule has 1 aromatic heterocycles.